The summed E-state index contributed by atoms with van der Waals surface area (Å²) >= 11 is 0. The molecule has 0 saturated carbocycles. The minimum absolute atomic E-state index is 0. The van der Waals surface area contributed by atoms with Crippen LogP contribution in [0.5, 0.6) is 0 Å². The van der Waals surface area contributed by atoms with Gasteiger partial charge in [-0.15, -0.1) is 24.0 Å². The Kier molecular flexibility index (Phi) is 9.59. The third-order valence-corrected chi connectivity index (χ3v) is 4.68. The molecule has 7 nitrogen and oxygen atoms in total. The van der Waals surface area contributed by atoms with Crippen molar-refractivity contribution in [3.63, 3.8) is 0 Å². The summed E-state index contributed by atoms with van der Waals surface area (Å²) in [5.74, 6) is 1.79. The summed E-state index contributed by atoms with van der Waals surface area (Å²) in [6.45, 7) is 8.23. The van der Waals surface area contributed by atoms with Gasteiger partial charge in [0.15, 0.2) is 5.96 Å². The number of halogens is 1. The second kappa shape index (κ2) is 11.9. The first-order valence-corrected chi connectivity index (χ1v) is 9.93. The predicted octanol–water partition coefficient (Wildman–Crippen LogP) is 2.44. The Hall–Kier alpha value is -1.94. The minimum atomic E-state index is 0. The highest BCUT2D eigenvalue weighted by Gasteiger charge is 2.20. The van der Waals surface area contributed by atoms with E-state index in [4.69, 9.17) is 4.99 Å². The second-order valence-electron chi connectivity index (χ2n) is 7.25. The van der Waals surface area contributed by atoms with Gasteiger partial charge in [0.1, 0.15) is 0 Å². The highest BCUT2D eigenvalue weighted by Crippen LogP contribution is 2.11. The first-order chi connectivity index (χ1) is 13.7. The van der Waals surface area contributed by atoms with Gasteiger partial charge in [-0.2, -0.15) is 0 Å². The first kappa shape index (κ1) is 23.3. The van der Waals surface area contributed by atoms with E-state index in [1.807, 2.05) is 6.07 Å². The van der Waals surface area contributed by atoms with Crippen molar-refractivity contribution in [3.05, 3.63) is 53.9 Å². The quantitative estimate of drug-likeness (QED) is 0.367. The molecule has 1 aliphatic rings. The fraction of sp³-hybridized carbons (Fsp3) is 0.476. The van der Waals surface area contributed by atoms with Gasteiger partial charge in [-0.1, -0.05) is 24.3 Å². The maximum absolute atomic E-state index is 4.87. The van der Waals surface area contributed by atoms with E-state index >= 15 is 0 Å². The molecule has 0 unspecified atom stereocenters. The third-order valence-electron chi connectivity index (χ3n) is 4.68. The van der Waals surface area contributed by atoms with Crippen LogP contribution in [0.1, 0.15) is 18.1 Å². The number of anilines is 1. The lowest BCUT2D eigenvalue weighted by atomic mass is 10.1. The molecule has 1 aromatic heterocycles. The molecule has 3 rings (SSSR count). The molecule has 0 amide bonds. The molecular weight excluding hydrogens is 477 g/mol. The van der Waals surface area contributed by atoms with Gasteiger partial charge in [0, 0.05) is 51.7 Å². The van der Waals surface area contributed by atoms with Crippen molar-refractivity contribution in [1.82, 2.24) is 25.1 Å². The van der Waals surface area contributed by atoms with E-state index in [9.17, 15) is 0 Å². The van der Waals surface area contributed by atoms with Crippen LogP contribution in [0.15, 0.2) is 47.7 Å². The number of aromatic nitrogens is 2. The molecule has 2 heterocycles. The van der Waals surface area contributed by atoms with Crippen molar-refractivity contribution in [2.75, 3.05) is 51.7 Å². The van der Waals surface area contributed by atoms with Gasteiger partial charge in [0.25, 0.3) is 0 Å². The number of nitrogens with one attached hydrogen (secondary N) is 1. The van der Waals surface area contributed by atoms with Crippen LogP contribution in [0.4, 0.5) is 5.95 Å². The fourth-order valence-electron chi connectivity index (χ4n) is 3.28. The van der Waals surface area contributed by atoms with Crippen LogP contribution in [0.25, 0.3) is 0 Å². The van der Waals surface area contributed by atoms with Crippen molar-refractivity contribution in [2.45, 2.75) is 20.0 Å². The number of guanidine groups is 1. The molecule has 0 radical (unpaired) electrons. The number of aliphatic imine (C=N–C) groups is 1. The zero-order valence-corrected chi connectivity index (χ0v) is 19.9. The van der Waals surface area contributed by atoms with E-state index < -0.39 is 0 Å². The molecule has 0 bridgehead atoms. The lowest BCUT2D eigenvalue weighted by Gasteiger charge is -2.36. The number of benzene rings is 1. The average Bonchev–Trinajstić information content (AvgIpc) is 2.73. The third kappa shape index (κ3) is 7.11. The molecule has 1 aromatic carbocycles. The number of piperazine rings is 1. The summed E-state index contributed by atoms with van der Waals surface area (Å²) in [5, 5.41) is 3.43. The first-order valence-electron chi connectivity index (χ1n) is 9.93. The second-order valence-corrected chi connectivity index (χ2v) is 7.25. The molecule has 1 saturated heterocycles. The Morgan fingerprint density at radius 1 is 1.03 bits per heavy atom. The molecular formula is C21H32IN7. The van der Waals surface area contributed by atoms with Gasteiger partial charge in [-0.05, 0) is 38.2 Å². The molecule has 0 atom stereocenters. The molecule has 1 N–H and O–H groups in total. The van der Waals surface area contributed by atoms with E-state index in [2.05, 4.69) is 75.3 Å². The van der Waals surface area contributed by atoms with E-state index in [-0.39, 0.29) is 24.0 Å². The number of hydrogen-bond donors (Lipinski definition) is 1. The largest absolute Gasteiger partial charge is 0.357 e. The number of hydrogen-bond acceptors (Lipinski definition) is 5. The molecule has 8 heteroatoms. The van der Waals surface area contributed by atoms with Crippen LogP contribution in [0.2, 0.25) is 0 Å². The highest BCUT2D eigenvalue weighted by atomic mass is 127. The normalized spacial score (nSPS) is 14.7. The summed E-state index contributed by atoms with van der Waals surface area (Å²) in [7, 11) is 4.18. The maximum Gasteiger partial charge on any atom is 0.225 e. The molecule has 158 valence electrons. The molecule has 0 spiro atoms. The average molecular weight is 509 g/mol. The zero-order chi connectivity index (χ0) is 19.8. The standard InChI is InChI=1S/C21H31N7.HI/c1-4-22-20(25-16-18-6-8-19(9-7-18)17-26(2)3)27-12-14-28(15-13-27)21-23-10-5-11-24-21;/h5-11H,4,12-17H2,1-3H3,(H,22,25);1H. The van der Waals surface area contributed by atoms with Crippen molar-refractivity contribution in [2.24, 2.45) is 4.99 Å². The summed E-state index contributed by atoms with van der Waals surface area (Å²) in [5.41, 5.74) is 2.55. The van der Waals surface area contributed by atoms with Crippen LogP contribution < -0.4 is 10.2 Å². The van der Waals surface area contributed by atoms with Crippen molar-refractivity contribution >= 4 is 35.9 Å². The summed E-state index contributed by atoms with van der Waals surface area (Å²) in [6, 6.07) is 10.6. The van der Waals surface area contributed by atoms with Crippen LogP contribution in [-0.2, 0) is 13.1 Å². The lowest BCUT2D eigenvalue weighted by molar-refractivity contribution is 0.370. The Bertz CT molecular complexity index is 741. The van der Waals surface area contributed by atoms with Gasteiger partial charge in [0.2, 0.25) is 5.95 Å². The highest BCUT2D eigenvalue weighted by molar-refractivity contribution is 14.0. The maximum atomic E-state index is 4.87. The van der Waals surface area contributed by atoms with Gasteiger partial charge in [-0.25, -0.2) is 15.0 Å². The van der Waals surface area contributed by atoms with Crippen LogP contribution in [-0.4, -0.2) is 72.5 Å². The summed E-state index contributed by atoms with van der Waals surface area (Å²) < 4.78 is 0. The van der Waals surface area contributed by atoms with Gasteiger partial charge >= 0.3 is 0 Å². The van der Waals surface area contributed by atoms with E-state index in [1.54, 1.807) is 12.4 Å². The zero-order valence-electron chi connectivity index (χ0n) is 17.6. The molecule has 1 fully saturated rings. The molecule has 29 heavy (non-hydrogen) atoms. The number of rotatable bonds is 6. The van der Waals surface area contributed by atoms with Gasteiger partial charge < -0.3 is 20.0 Å². The molecule has 2 aromatic rings. The van der Waals surface area contributed by atoms with Crippen LogP contribution >= 0.6 is 24.0 Å². The Morgan fingerprint density at radius 2 is 1.66 bits per heavy atom. The van der Waals surface area contributed by atoms with E-state index in [0.717, 1.165) is 51.2 Å². The smallest absolute Gasteiger partial charge is 0.225 e. The SMILES string of the molecule is CCNC(=NCc1ccc(CN(C)C)cc1)N1CCN(c2ncccn2)CC1.I. The van der Waals surface area contributed by atoms with Crippen molar-refractivity contribution < 1.29 is 0 Å². The Balaban J connectivity index is 0.00000300. The van der Waals surface area contributed by atoms with Gasteiger partial charge in [0.05, 0.1) is 6.54 Å². The molecule has 0 aliphatic carbocycles. The number of nitrogens with zero attached hydrogens (tertiary/aromatic N) is 6. The predicted molar refractivity (Wildman–Crippen MR) is 130 cm³/mol. The van der Waals surface area contributed by atoms with Crippen molar-refractivity contribution in [3.8, 4) is 0 Å². The van der Waals surface area contributed by atoms with E-state index in [1.165, 1.54) is 11.1 Å². The summed E-state index contributed by atoms with van der Waals surface area (Å²) in [6.07, 6.45) is 3.59. The van der Waals surface area contributed by atoms with Crippen LogP contribution in [0.3, 0.4) is 0 Å². The monoisotopic (exact) mass is 509 g/mol. The van der Waals surface area contributed by atoms with Crippen molar-refractivity contribution in [1.29, 1.82) is 0 Å². The molecule has 1 aliphatic heterocycles. The van der Waals surface area contributed by atoms with E-state index in [0.29, 0.717) is 6.54 Å². The Labute approximate surface area is 191 Å². The Morgan fingerprint density at radius 3 is 2.24 bits per heavy atom. The van der Waals surface area contributed by atoms with Gasteiger partial charge in [-0.3, -0.25) is 0 Å². The van der Waals surface area contributed by atoms with Crippen LogP contribution in [0, 0.1) is 0 Å². The minimum Gasteiger partial charge on any atom is -0.357 e. The topological polar surface area (TPSA) is 59.9 Å². The lowest BCUT2D eigenvalue weighted by Crippen LogP contribution is -2.52. The fourth-order valence-corrected chi connectivity index (χ4v) is 3.28. The summed E-state index contributed by atoms with van der Waals surface area (Å²) in [4.78, 5) is 20.3.